The lowest BCUT2D eigenvalue weighted by Gasteiger charge is -2.27. The van der Waals surface area contributed by atoms with Gasteiger partial charge in [0.25, 0.3) is 0 Å². The van der Waals surface area contributed by atoms with E-state index in [0.717, 1.165) is 31.3 Å². The van der Waals surface area contributed by atoms with Gasteiger partial charge in [-0.2, -0.15) is 0 Å². The summed E-state index contributed by atoms with van der Waals surface area (Å²) < 4.78 is 5.23. The van der Waals surface area contributed by atoms with Crippen LogP contribution in [0.5, 0.6) is 0 Å². The molecule has 0 amide bonds. The maximum Gasteiger partial charge on any atom is 0.0637 e. The molecule has 106 valence electrons. The molecule has 0 saturated heterocycles. The van der Waals surface area contributed by atoms with Crippen molar-refractivity contribution < 1.29 is 4.74 Å². The maximum atomic E-state index is 6.18. The number of rotatable bonds is 8. The first-order valence-electron chi connectivity index (χ1n) is 7.01. The second kappa shape index (κ2) is 7.13. The summed E-state index contributed by atoms with van der Waals surface area (Å²) in [5.41, 5.74) is 2.57. The first kappa shape index (κ1) is 14.6. The minimum atomic E-state index is 0.661. The van der Waals surface area contributed by atoms with Crippen molar-refractivity contribution in [2.45, 2.75) is 32.4 Å². The number of hydrogen-bond acceptors (Lipinski definition) is 3. The van der Waals surface area contributed by atoms with Gasteiger partial charge < -0.3 is 15.0 Å². The Kier molecular flexibility index (Phi) is 5.49. The van der Waals surface area contributed by atoms with Crippen molar-refractivity contribution in [3.63, 3.8) is 0 Å². The lowest BCUT2D eigenvalue weighted by molar-refractivity contribution is 0.205. The Labute approximate surface area is 120 Å². The number of halogens is 1. The van der Waals surface area contributed by atoms with E-state index >= 15 is 0 Å². The van der Waals surface area contributed by atoms with Gasteiger partial charge in [0.15, 0.2) is 0 Å². The van der Waals surface area contributed by atoms with E-state index in [9.17, 15) is 0 Å². The molecule has 0 aliphatic heterocycles. The van der Waals surface area contributed by atoms with Gasteiger partial charge in [-0.3, -0.25) is 0 Å². The third-order valence-corrected chi connectivity index (χ3v) is 3.68. The zero-order chi connectivity index (χ0) is 13.7. The van der Waals surface area contributed by atoms with Crippen LogP contribution >= 0.6 is 11.6 Å². The van der Waals surface area contributed by atoms with Gasteiger partial charge in [0.05, 0.1) is 6.61 Å². The second-order valence-corrected chi connectivity index (χ2v) is 5.41. The molecule has 3 nitrogen and oxygen atoms in total. The number of ether oxygens (including phenoxy) is 1. The highest BCUT2D eigenvalue weighted by Gasteiger charge is 2.30. The quantitative estimate of drug-likeness (QED) is 0.793. The fourth-order valence-corrected chi connectivity index (χ4v) is 2.46. The summed E-state index contributed by atoms with van der Waals surface area (Å²) in [4.78, 5) is 2.45. The van der Waals surface area contributed by atoms with E-state index < -0.39 is 0 Å². The third-order valence-electron chi connectivity index (χ3n) is 3.45. The van der Waals surface area contributed by atoms with E-state index in [2.05, 4.69) is 29.3 Å². The van der Waals surface area contributed by atoms with E-state index in [-0.39, 0.29) is 0 Å². The Morgan fingerprint density at radius 2 is 2.21 bits per heavy atom. The first-order chi connectivity index (χ1) is 9.26. The van der Waals surface area contributed by atoms with E-state index in [0.29, 0.717) is 6.04 Å². The van der Waals surface area contributed by atoms with Gasteiger partial charge in [-0.15, -0.1) is 0 Å². The number of benzene rings is 1. The molecule has 1 aromatic rings. The molecule has 1 aliphatic rings. The van der Waals surface area contributed by atoms with Gasteiger partial charge in [0, 0.05) is 37.0 Å². The van der Waals surface area contributed by atoms with Crippen LogP contribution in [-0.2, 0) is 11.3 Å². The molecule has 4 heteroatoms. The van der Waals surface area contributed by atoms with Gasteiger partial charge in [0.1, 0.15) is 0 Å². The predicted octanol–water partition coefficient (Wildman–Crippen LogP) is 3.06. The van der Waals surface area contributed by atoms with Crippen LogP contribution in [0.3, 0.4) is 0 Å². The van der Waals surface area contributed by atoms with Crippen molar-refractivity contribution in [3.8, 4) is 0 Å². The number of hydrogen-bond donors (Lipinski definition) is 1. The highest BCUT2D eigenvalue weighted by molar-refractivity contribution is 6.30. The highest BCUT2D eigenvalue weighted by atomic mass is 35.5. The van der Waals surface area contributed by atoms with Crippen molar-refractivity contribution in [2.75, 3.05) is 31.7 Å². The number of nitrogens with one attached hydrogen (secondary N) is 1. The topological polar surface area (TPSA) is 24.5 Å². The largest absolute Gasteiger partial charge is 0.383 e. The molecular formula is C15H23ClN2O. The zero-order valence-corrected chi connectivity index (χ0v) is 12.5. The molecule has 2 rings (SSSR count). The van der Waals surface area contributed by atoms with Gasteiger partial charge in [-0.1, -0.05) is 24.6 Å². The van der Waals surface area contributed by atoms with Gasteiger partial charge in [-0.25, -0.2) is 0 Å². The molecule has 19 heavy (non-hydrogen) atoms. The molecule has 1 fully saturated rings. The molecular weight excluding hydrogens is 260 g/mol. The second-order valence-electron chi connectivity index (χ2n) is 4.97. The van der Waals surface area contributed by atoms with Crippen LogP contribution in [0.1, 0.15) is 25.3 Å². The molecule has 0 spiro atoms. The summed E-state index contributed by atoms with van der Waals surface area (Å²) in [7, 11) is 1.75. The van der Waals surface area contributed by atoms with E-state index in [4.69, 9.17) is 16.3 Å². The van der Waals surface area contributed by atoms with Crippen molar-refractivity contribution >= 4 is 17.3 Å². The molecule has 0 aromatic heterocycles. The van der Waals surface area contributed by atoms with Crippen molar-refractivity contribution in [1.82, 2.24) is 5.32 Å². The van der Waals surface area contributed by atoms with Crippen molar-refractivity contribution in [3.05, 3.63) is 28.8 Å². The fourth-order valence-electron chi connectivity index (χ4n) is 2.29. The Balaban J connectivity index is 2.19. The Hall–Kier alpha value is -0.770. The summed E-state index contributed by atoms with van der Waals surface area (Å²) in [6.07, 6.45) is 2.55. The molecule has 1 aromatic carbocycles. The summed E-state index contributed by atoms with van der Waals surface area (Å²) in [6, 6.07) is 6.85. The minimum absolute atomic E-state index is 0.661. The lowest BCUT2D eigenvalue weighted by atomic mass is 10.1. The fraction of sp³-hybridized carbons (Fsp3) is 0.600. The van der Waals surface area contributed by atoms with Crippen LogP contribution in [-0.4, -0.2) is 32.8 Å². The monoisotopic (exact) mass is 282 g/mol. The molecule has 1 aliphatic carbocycles. The van der Waals surface area contributed by atoms with Crippen LogP contribution < -0.4 is 10.2 Å². The van der Waals surface area contributed by atoms with Crippen LogP contribution in [0, 0.1) is 0 Å². The normalized spacial score (nSPS) is 14.7. The van der Waals surface area contributed by atoms with E-state index in [1.807, 2.05) is 6.07 Å². The summed E-state index contributed by atoms with van der Waals surface area (Å²) >= 11 is 6.18. The van der Waals surface area contributed by atoms with Crippen molar-refractivity contribution in [2.24, 2.45) is 0 Å². The predicted molar refractivity (Wildman–Crippen MR) is 81.1 cm³/mol. The molecule has 0 heterocycles. The van der Waals surface area contributed by atoms with Crippen LogP contribution in [0.4, 0.5) is 5.69 Å². The number of methoxy groups -OCH3 is 1. The van der Waals surface area contributed by atoms with E-state index in [1.54, 1.807) is 7.11 Å². The Morgan fingerprint density at radius 1 is 1.42 bits per heavy atom. The molecule has 1 N–H and O–H groups in total. The molecule has 0 atom stereocenters. The third kappa shape index (κ3) is 4.10. The SMILES string of the molecule is CCNCc1ccc(Cl)cc1N(CCOC)C1CC1. The Morgan fingerprint density at radius 3 is 2.84 bits per heavy atom. The number of nitrogens with zero attached hydrogens (tertiary/aromatic N) is 1. The average Bonchev–Trinajstić information content (AvgIpc) is 3.23. The van der Waals surface area contributed by atoms with E-state index in [1.165, 1.54) is 24.1 Å². The van der Waals surface area contributed by atoms with Gasteiger partial charge in [0.2, 0.25) is 0 Å². The molecule has 0 unspecified atom stereocenters. The molecule has 0 bridgehead atoms. The van der Waals surface area contributed by atoms with Crippen LogP contribution in [0.25, 0.3) is 0 Å². The van der Waals surface area contributed by atoms with Crippen LogP contribution in [0.15, 0.2) is 18.2 Å². The Bertz CT molecular complexity index is 407. The summed E-state index contributed by atoms with van der Waals surface area (Å²) in [5, 5.41) is 4.20. The summed E-state index contributed by atoms with van der Waals surface area (Å²) in [6.45, 7) is 5.67. The average molecular weight is 283 g/mol. The smallest absolute Gasteiger partial charge is 0.0637 e. The maximum absolute atomic E-state index is 6.18. The highest BCUT2D eigenvalue weighted by Crippen LogP contribution is 2.34. The minimum Gasteiger partial charge on any atom is -0.383 e. The number of anilines is 1. The van der Waals surface area contributed by atoms with Gasteiger partial charge >= 0.3 is 0 Å². The summed E-state index contributed by atoms with van der Waals surface area (Å²) in [5.74, 6) is 0. The molecule has 1 saturated carbocycles. The lowest BCUT2D eigenvalue weighted by Crippen LogP contribution is -2.31. The van der Waals surface area contributed by atoms with Crippen LogP contribution in [0.2, 0.25) is 5.02 Å². The van der Waals surface area contributed by atoms with Crippen molar-refractivity contribution in [1.29, 1.82) is 0 Å². The standard InChI is InChI=1S/C15H23ClN2O/c1-3-17-11-12-4-5-13(16)10-15(12)18(8-9-19-2)14-6-7-14/h4-5,10,14,17H,3,6-9,11H2,1-2H3. The zero-order valence-electron chi connectivity index (χ0n) is 11.8. The van der Waals surface area contributed by atoms with Gasteiger partial charge in [-0.05, 0) is 37.1 Å². The first-order valence-corrected chi connectivity index (χ1v) is 7.38. The molecule has 0 radical (unpaired) electrons.